The number of hydrogen-bond donors (Lipinski definition) is 3. The van der Waals surface area contributed by atoms with E-state index in [9.17, 15) is 0 Å². The summed E-state index contributed by atoms with van der Waals surface area (Å²) in [4.78, 5) is 13.1. The first kappa shape index (κ1) is 23.7. The predicted octanol–water partition coefficient (Wildman–Crippen LogP) is 4.04. The van der Waals surface area contributed by atoms with E-state index >= 15 is 0 Å². The number of benzene rings is 1. The fourth-order valence-corrected chi connectivity index (χ4v) is 4.67. The highest BCUT2D eigenvalue weighted by atomic mass is 127. The van der Waals surface area contributed by atoms with Gasteiger partial charge in [0.05, 0.1) is 12.6 Å². The highest BCUT2D eigenvalue weighted by Crippen LogP contribution is 2.27. The molecule has 1 aliphatic heterocycles. The van der Waals surface area contributed by atoms with Crippen molar-refractivity contribution in [1.29, 1.82) is 0 Å². The third-order valence-electron chi connectivity index (χ3n) is 5.30. The average Bonchev–Trinajstić information content (AvgIpc) is 3.56. The molecule has 0 spiro atoms. The Morgan fingerprint density at radius 1 is 1.23 bits per heavy atom. The maximum Gasteiger partial charge on any atom is 0.191 e. The molecule has 0 saturated carbocycles. The number of likely N-dealkylation sites (tertiary alicyclic amines) is 1. The Kier molecular flexibility index (Phi) is 9.29. The topological polar surface area (TPSA) is 81.2 Å². The van der Waals surface area contributed by atoms with Crippen molar-refractivity contribution in [2.45, 2.75) is 32.4 Å². The smallest absolute Gasteiger partial charge is 0.191 e. The minimum atomic E-state index is 0. The summed E-state index contributed by atoms with van der Waals surface area (Å²) in [6.45, 7) is 6.73. The molecule has 4 rings (SSSR count). The molecule has 1 atom stereocenters. The maximum absolute atomic E-state index is 4.82. The molecule has 3 aromatic rings. The van der Waals surface area contributed by atoms with Crippen LogP contribution in [0.25, 0.3) is 11.4 Å². The number of guanidine groups is 1. The summed E-state index contributed by atoms with van der Waals surface area (Å²) in [5, 5.41) is 16.0. The molecule has 1 aliphatic rings. The van der Waals surface area contributed by atoms with Crippen LogP contribution in [0.3, 0.4) is 0 Å². The van der Waals surface area contributed by atoms with Gasteiger partial charge in [-0.2, -0.15) is 5.10 Å². The van der Waals surface area contributed by atoms with Gasteiger partial charge in [0.2, 0.25) is 0 Å². The van der Waals surface area contributed by atoms with E-state index in [-0.39, 0.29) is 24.0 Å². The van der Waals surface area contributed by atoms with Crippen LogP contribution in [0.2, 0.25) is 0 Å². The summed E-state index contributed by atoms with van der Waals surface area (Å²) in [6, 6.07) is 13.0. The Morgan fingerprint density at radius 2 is 2.10 bits per heavy atom. The summed E-state index contributed by atoms with van der Waals surface area (Å²) < 4.78 is 0. The Bertz CT molecular complexity index is 921. The molecule has 0 radical (unpaired) electrons. The highest BCUT2D eigenvalue weighted by molar-refractivity contribution is 14.0. The number of aromatic nitrogens is 3. The lowest BCUT2D eigenvalue weighted by Gasteiger charge is -2.27. The molecule has 0 amide bonds. The molecule has 31 heavy (non-hydrogen) atoms. The minimum absolute atomic E-state index is 0. The Hall–Kier alpha value is -1.98. The standard InChI is InChI=1S/C22H29N7S.HI/c1-2-23-22(24-14-17-7-5-8-18(13-17)21-26-16-27-28-21)25-15-19(20-9-6-12-30-20)29-10-3-4-11-29;/h5-9,12-13,16,19H,2-4,10-11,14-15H2,1H3,(H2,23,24,25)(H,26,27,28);1H. The van der Waals surface area contributed by atoms with Crippen molar-refractivity contribution in [3.63, 3.8) is 0 Å². The van der Waals surface area contributed by atoms with Gasteiger partial charge in [0.25, 0.3) is 0 Å². The monoisotopic (exact) mass is 551 g/mol. The second-order valence-electron chi connectivity index (χ2n) is 7.38. The highest BCUT2D eigenvalue weighted by Gasteiger charge is 2.24. The van der Waals surface area contributed by atoms with Gasteiger partial charge in [-0.05, 0) is 55.9 Å². The van der Waals surface area contributed by atoms with Crippen molar-refractivity contribution in [2.75, 3.05) is 26.2 Å². The van der Waals surface area contributed by atoms with Crippen molar-refractivity contribution < 1.29 is 0 Å². The van der Waals surface area contributed by atoms with Crippen LogP contribution in [-0.4, -0.2) is 52.2 Å². The number of aliphatic imine (C=N–C) groups is 1. The van der Waals surface area contributed by atoms with E-state index in [2.05, 4.69) is 67.3 Å². The van der Waals surface area contributed by atoms with Gasteiger partial charge in [0.15, 0.2) is 11.8 Å². The fourth-order valence-electron chi connectivity index (χ4n) is 3.81. The number of halogens is 1. The molecule has 1 saturated heterocycles. The van der Waals surface area contributed by atoms with Crippen molar-refractivity contribution in [3.05, 3.63) is 58.5 Å². The number of hydrogen-bond acceptors (Lipinski definition) is 5. The second-order valence-corrected chi connectivity index (χ2v) is 8.36. The number of thiophene rings is 1. The third-order valence-corrected chi connectivity index (χ3v) is 6.27. The number of H-pyrrole nitrogens is 1. The summed E-state index contributed by atoms with van der Waals surface area (Å²) in [6.07, 6.45) is 4.10. The molecule has 2 aromatic heterocycles. The van der Waals surface area contributed by atoms with Gasteiger partial charge >= 0.3 is 0 Å². The normalized spacial score (nSPS) is 15.5. The molecule has 0 aliphatic carbocycles. The number of rotatable bonds is 8. The predicted molar refractivity (Wildman–Crippen MR) is 138 cm³/mol. The van der Waals surface area contributed by atoms with Gasteiger partial charge in [-0.3, -0.25) is 10.00 Å². The largest absolute Gasteiger partial charge is 0.357 e. The molecule has 7 nitrogen and oxygen atoms in total. The van der Waals surface area contributed by atoms with Crippen LogP contribution < -0.4 is 10.6 Å². The lowest BCUT2D eigenvalue weighted by atomic mass is 10.1. The fraction of sp³-hybridized carbons (Fsp3) is 0.409. The number of aromatic amines is 1. The zero-order chi connectivity index (χ0) is 20.6. The third kappa shape index (κ3) is 6.50. The van der Waals surface area contributed by atoms with Crippen LogP contribution in [-0.2, 0) is 6.54 Å². The lowest BCUT2D eigenvalue weighted by Crippen LogP contribution is -2.42. The molecule has 3 N–H and O–H groups in total. The zero-order valence-electron chi connectivity index (χ0n) is 17.8. The van der Waals surface area contributed by atoms with E-state index in [1.165, 1.54) is 37.1 Å². The molecule has 1 aromatic carbocycles. The molecule has 3 heterocycles. The average molecular weight is 552 g/mol. The van der Waals surface area contributed by atoms with Crippen molar-refractivity contribution >= 4 is 41.3 Å². The SMILES string of the molecule is CCNC(=NCc1cccc(-c2ncn[nH]2)c1)NCC(c1cccs1)N1CCCC1.I. The first-order valence-electron chi connectivity index (χ1n) is 10.6. The molecule has 0 bridgehead atoms. The van der Waals surface area contributed by atoms with E-state index < -0.39 is 0 Å². The van der Waals surface area contributed by atoms with Gasteiger partial charge in [0, 0.05) is 23.5 Å². The van der Waals surface area contributed by atoms with E-state index in [0.29, 0.717) is 12.6 Å². The summed E-state index contributed by atoms with van der Waals surface area (Å²) in [5.74, 6) is 1.62. The first-order valence-corrected chi connectivity index (χ1v) is 11.5. The lowest BCUT2D eigenvalue weighted by molar-refractivity contribution is 0.249. The van der Waals surface area contributed by atoms with Gasteiger partial charge in [0.1, 0.15) is 6.33 Å². The molecule has 9 heteroatoms. The molecular weight excluding hydrogens is 521 g/mol. The van der Waals surface area contributed by atoms with Crippen LogP contribution in [0.1, 0.15) is 36.2 Å². The van der Waals surface area contributed by atoms with Crippen LogP contribution >= 0.6 is 35.3 Å². The van der Waals surface area contributed by atoms with Crippen LogP contribution in [0, 0.1) is 0 Å². The maximum atomic E-state index is 4.82. The molecule has 166 valence electrons. The molecule has 1 unspecified atom stereocenters. The minimum Gasteiger partial charge on any atom is -0.357 e. The van der Waals surface area contributed by atoms with Gasteiger partial charge in [-0.1, -0.05) is 24.3 Å². The van der Waals surface area contributed by atoms with E-state index in [4.69, 9.17) is 4.99 Å². The summed E-state index contributed by atoms with van der Waals surface area (Å²) in [7, 11) is 0. The Labute approximate surface area is 204 Å². The second kappa shape index (κ2) is 12.2. The van der Waals surface area contributed by atoms with Crippen molar-refractivity contribution in [3.8, 4) is 11.4 Å². The van der Waals surface area contributed by atoms with E-state index in [0.717, 1.165) is 36.0 Å². The quantitative estimate of drug-likeness (QED) is 0.224. The zero-order valence-corrected chi connectivity index (χ0v) is 20.9. The van der Waals surface area contributed by atoms with Crippen LogP contribution in [0.5, 0.6) is 0 Å². The van der Waals surface area contributed by atoms with Crippen molar-refractivity contribution in [2.24, 2.45) is 4.99 Å². The molecule has 1 fully saturated rings. The summed E-state index contributed by atoms with van der Waals surface area (Å²) in [5.41, 5.74) is 2.15. The van der Waals surface area contributed by atoms with Crippen molar-refractivity contribution in [1.82, 2.24) is 30.7 Å². The Balaban J connectivity index is 0.00000272. The van der Waals surface area contributed by atoms with E-state index in [1.54, 1.807) is 0 Å². The van der Waals surface area contributed by atoms with Gasteiger partial charge in [-0.15, -0.1) is 35.3 Å². The van der Waals surface area contributed by atoms with E-state index in [1.807, 2.05) is 23.5 Å². The van der Waals surface area contributed by atoms with Gasteiger partial charge in [-0.25, -0.2) is 9.98 Å². The first-order chi connectivity index (χ1) is 14.8. The Morgan fingerprint density at radius 3 is 2.81 bits per heavy atom. The van der Waals surface area contributed by atoms with Gasteiger partial charge < -0.3 is 10.6 Å². The molecular formula is C22H30IN7S. The number of nitrogens with one attached hydrogen (secondary N) is 3. The number of nitrogens with zero attached hydrogens (tertiary/aromatic N) is 4. The van der Waals surface area contributed by atoms with Crippen LogP contribution in [0.15, 0.2) is 53.1 Å². The summed E-state index contributed by atoms with van der Waals surface area (Å²) >= 11 is 1.84. The van der Waals surface area contributed by atoms with Crippen LogP contribution in [0.4, 0.5) is 0 Å².